The number of carbonyl (C=O) groups excluding carboxylic acids is 1. The molecule has 0 saturated heterocycles. The molecular weight excluding hydrogens is 304 g/mol. The monoisotopic (exact) mass is 332 g/mol. The van der Waals surface area contributed by atoms with Gasteiger partial charge in [-0.05, 0) is 40.2 Å². The Hall–Kier alpha value is -2.14. The molecular formula is C19H28N2O3. The molecule has 1 heterocycles. The average Bonchev–Trinajstić information content (AvgIpc) is 3.00. The van der Waals surface area contributed by atoms with Gasteiger partial charge < -0.3 is 14.9 Å². The summed E-state index contributed by atoms with van der Waals surface area (Å²) in [7, 11) is 0. The highest BCUT2D eigenvalue weighted by atomic mass is 16.5. The number of amides is 1. The average molecular weight is 332 g/mol. The fourth-order valence-electron chi connectivity index (χ4n) is 2.21. The first-order valence-electron chi connectivity index (χ1n) is 8.07. The molecule has 1 rings (SSSR count). The molecule has 1 aromatic heterocycles. The summed E-state index contributed by atoms with van der Waals surface area (Å²) in [5.41, 5.74) is 5.71. The van der Waals surface area contributed by atoms with Gasteiger partial charge in [-0.2, -0.15) is 0 Å². The topological polar surface area (TPSA) is 78.3 Å². The van der Waals surface area contributed by atoms with E-state index in [-0.39, 0.29) is 18.1 Å². The Morgan fingerprint density at radius 3 is 2.62 bits per heavy atom. The molecule has 0 aliphatic heterocycles. The van der Waals surface area contributed by atoms with Crippen LogP contribution in [0.15, 0.2) is 53.0 Å². The number of allylic oxidation sites excluding steroid dienone is 5. The third-order valence-electron chi connectivity index (χ3n) is 3.63. The predicted molar refractivity (Wildman–Crippen MR) is 95.2 cm³/mol. The normalized spacial score (nSPS) is 14.8. The van der Waals surface area contributed by atoms with Crippen molar-refractivity contribution in [2.24, 2.45) is 11.1 Å². The SMILES string of the molecule is C/C(=C/C=C\C=C\Cc1cnco1)C(OC(C)C)C(C)(C)C(N)=O. The van der Waals surface area contributed by atoms with Crippen molar-refractivity contribution in [3.05, 3.63) is 54.3 Å². The van der Waals surface area contributed by atoms with Crippen molar-refractivity contribution in [1.29, 1.82) is 0 Å². The Kier molecular flexibility index (Phi) is 7.65. The molecule has 132 valence electrons. The largest absolute Gasteiger partial charge is 0.448 e. The molecule has 0 aliphatic carbocycles. The number of aromatic nitrogens is 1. The number of nitrogens with zero attached hydrogens (tertiary/aromatic N) is 1. The van der Waals surface area contributed by atoms with Crippen LogP contribution in [0.2, 0.25) is 0 Å². The zero-order valence-corrected chi connectivity index (χ0v) is 15.2. The molecule has 1 aromatic rings. The third-order valence-corrected chi connectivity index (χ3v) is 3.63. The Morgan fingerprint density at radius 2 is 2.08 bits per heavy atom. The minimum atomic E-state index is -0.777. The van der Waals surface area contributed by atoms with Crippen molar-refractivity contribution < 1.29 is 13.9 Å². The fourth-order valence-corrected chi connectivity index (χ4v) is 2.21. The lowest BCUT2D eigenvalue weighted by atomic mass is 9.81. The zero-order valence-electron chi connectivity index (χ0n) is 15.2. The molecule has 0 aromatic carbocycles. The quantitative estimate of drug-likeness (QED) is 0.701. The van der Waals surface area contributed by atoms with E-state index in [1.807, 2.05) is 51.2 Å². The molecule has 1 amide bonds. The van der Waals surface area contributed by atoms with Gasteiger partial charge in [-0.3, -0.25) is 4.79 Å². The van der Waals surface area contributed by atoms with Crippen LogP contribution in [0.5, 0.6) is 0 Å². The molecule has 0 aliphatic rings. The van der Waals surface area contributed by atoms with Gasteiger partial charge in [0.15, 0.2) is 6.39 Å². The number of oxazole rings is 1. The van der Waals surface area contributed by atoms with Crippen molar-refractivity contribution in [1.82, 2.24) is 4.98 Å². The van der Waals surface area contributed by atoms with Crippen molar-refractivity contribution in [3.8, 4) is 0 Å². The van der Waals surface area contributed by atoms with E-state index >= 15 is 0 Å². The maximum atomic E-state index is 11.7. The summed E-state index contributed by atoms with van der Waals surface area (Å²) in [5, 5.41) is 0. The lowest BCUT2D eigenvalue weighted by Crippen LogP contribution is -2.44. The standard InChI is InChI=1S/C19H28N2O3/c1-14(2)24-17(19(4,5)18(20)22)15(3)10-8-6-7-9-11-16-12-21-13-23-16/h6-10,12-14,17H,11H2,1-5H3,(H2,20,22)/b8-6-,9-7+,15-10-. The molecule has 5 heteroatoms. The van der Waals surface area contributed by atoms with Gasteiger partial charge in [0.1, 0.15) is 5.76 Å². The molecule has 24 heavy (non-hydrogen) atoms. The number of carbonyl (C=O) groups is 1. The van der Waals surface area contributed by atoms with Gasteiger partial charge in [-0.25, -0.2) is 4.98 Å². The van der Waals surface area contributed by atoms with E-state index in [1.54, 1.807) is 20.0 Å². The highest BCUT2D eigenvalue weighted by molar-refractivity contribution is 5.81. The Balaban J connectivity index is 2.72. The van der Waals surface area contributed by atoms with Crippen LogP contribution in [0, 0.1) is 5.41 Å². The number of hydrogen-bond acceptors (Lipinski definition) is 4. The molecule has 0 fully saturated rings. The molecule has 1 unspecified atom stereocenters. The van der Waals surface area contributed by atoms with Crippen LogP contribution in [-0.4, -0.2) is 23.1 Å². The minimum Gasteiger partial charge on any atom is -0.448 e. The minimum absolute atomic E-state index is 0.00255. The van der Waals surface area contributed by atoms with E-state index in [2.05, 4.69) is 4.98 Å². The summed E-state index contributed by atoms with van der Waals surface area (Å²) in [6.07, 6.45) is 13.1. The summed E-state index contributed by atoms with van der Waals surface area (Å²) in [6, 6.07) is 0. The van der Waals surface area contributed by atoms with E-state index in [4.69, 9.17) is 14.9 Å². The van der Waals surface area contributed by atoms with Crippen LogP contribution in [0.3, 0.4) is 0 Å². The first kappa shape index (κ1) is 19.9. The Bertz CT molecular complexity index is 596. The van der Waals surface area contributed by atoms with Gasteiger partial charge >= 0.3 is 0 Å². The van der Waals surface area contributed by atoms with Gasteiger partial charge in [0.25, 0.3) is 0 Å². The van der Waals surface area contributed by atoms with E-state index in [1.165, 1.54) is 6.39 Å². The molecule has 0 bridgehead atoms. The molecule has 0 spiro atoms. The second kappa shape index (κ2) is 9.23. The van der Waals surface area contributed by atoms with Crippen LogP contribution in [0.1, 0.15) is 40.4 Å². The summed E-state index contributed by atoms with van der Waals surface area (Å²) < 4.78 is 11.1. The number of primary amides is 1. The summed E-state index contributed by atoms with van der Waals surface area (Å²) in [4.78, 5) is 15.6. The first-order chi connectivity index (χ1) is 11.2. The molecule has 0 radical (unpaired) electrons. The maximum absolute atomic E-state index is 11.7. The lowest BCUT2D eigenvalue weighted by molar-refractivity contribution is -0.135. The molecule has 0 saturated carbocycles. The highest BCUT2D eigenvalue weighted by Crippen LogP contribution is 2.29. The van der Waals surface area contributed by atoms with Crippen molar-refractivity contribution in [3.63, 3.8) is 0 Å². The van der Waals surface area contributed by atoms with E-state index in [9.17, 15) is 4.79 Å². The number of ether oxygens (including phenoxy) is 1. The molecule has 5 nitrogen and oxygen atoms in total. The van der Waals surface area contributed by atoms with Gasteiger partial charge in [-0.1, -0.05) is 30.4 Å². The van der Waals surface area contributed by atoms with Crippen LogP contribution in [-0.2, 0) is 16.0 Å². The molecule has 2 N–H and O–H groups in total. The van der Waals surface area contributed by atoms with Crippen molar-refractivity contribution >= 4 is 5.91 Å². The lowest BCUT2D eigenvalue weighted by Gasteiger charge is -2.33. The maximum Gasteiger partial charge on any atom is 0.226 e. The Morgan fingerprint density at radius 1 is 1.38 bits per heavy atom. The predicted octanol–water partition coefficient (Wildman–Crippen LogP) is 3.58. The smallest absolute Gasteiger partial charge is 0.226 e. The van der Waals surface area contributed by atoms with Gasteiger partial charge in [-0.15, -0.1) is 0 Å². The highest BCUT2D eigenvalue weighted by Gasteiger charge is 2.37. The van der Waals surface area contributed by atoms with Gasteiger partial charge in [0, 0.05) is 6.42 Å². The molecule has 1 atom stereocenters. The van der Waals surface area contributed by atoms with Crippen LogP contribution in [0.25, 0.3) is 0 Å². The number of nitrogens with two attached hydrogens (primary N) is 1. The van der Waals surface area contributed by atoms with Gasteiger partial charge in [0.05, 0.1) is 23.8 Å². The van der Waals surface area contributed by atoms with Crippen LogP contribution in [0.4, 0.5) is 0 Å². The van der Waals surface area contributed by atoms with Crippen LogP contribution < -0.4 is 5.73 Å². The van der Waals surface area contributed by atoms with E-state index in [0.29, 0.717) is 6.42 Å². The second-order valence-corrected chi connectivity index (χ2v) is 6.55. The Labute approximate surface area is 144 Å². The van der Waals surface area contributed by atoms with E-state index in [0.717, 1.165) is 11.3 Å². The summed E-state index contributed by atoms with van der Waals surface area (Å²) in [6.45, 7) is 9.45. The number of rotatable bonds is 9. The van der Waals surface area contributed by atoms with E-state index < -0.39 is 5.41 Å². The zero-order chi connectivity index (χ0) is 18.2. The summed E-state index contributed by atoms with van der Waals surface area (Å²) >= 11 is 0. The number of hydrogen-bond donors (Lipinski definition) is 1. The first-order valence-corrected chi connectivity index (χ1v) is 8.07. The van der Waals surface area contributed by atoms with Crippen LogP contribution >= 0.6 is 0 Å². The van der Waals surface area contributed by atoms with Crippen molar-refractivity contribution in [2.45, 2.75) is 53.2 Å². The fraction of sp³-hybridized carbons (Fsp3) is 0.474. The second-order valence-electron chi connectivity index (χ2n) is 6.55. The third kappa shape index (κ3) is 6.16. The van der Waals surface area contributed by atoms with Crippen molar-refractivity contribution in [2.75, 3.05) is 0 Å². The summed E-state index contributed by atoms with van der Waals surface area (Å²) in [5.74, 6) is 0.441. The van der Waals surface area contributed by atoms with Gasteiger partial charge in [0.2, 0.25) is 5.91 Å².